The fraction of sp³-hybridized carbons (Fsp3) is 1.00. The molecule has 4 heteroatoms. The van der Waals surface area contributed by atoms with Crippen molar-refractivity contribution in [1.82, 2.24) is 0 Å². The van der Waals surface area contributed by atoms with Crippen molar-refractivity contribution < 1.29 is 18.9 Å². The second-order valence-corrected chi connectivity index (χ2v) is 15.5. The Morgan fingerprint density at radius 1 is 0.857 bits per heavy atom. The summed E-state index contributed by atoms with van der Waals surface area (Å²) in [7, 11) is 2.01. The van der Waals surface area contributed by atoms with Gasteiger partial charge in [-0.2, -0.15) is 0 Å². The van der Waals surface area contributed by atoms with Crippen LogP contribution in [-0.4, -0.2) is 36.5 Å². The van der Waals surface area contributed by atoms with Gasteiger partial charge in [-0.15, -0.1) is 0 Å². The molecule has 2 bridgehead atoms. The van der Waals surface area contributed by atoms with Crippen molar-refractivity contribution in [2.24, 2.45) is 51.8 Å². The summed E-state index contributed by atoms with van der Waals surface area (Å²) in [6, 6.07) is 0. The molecule has 198 valence electrons. The van der Waals surface area contributed by atoms with E-state index in [4.69, 9.17) is 18.9 Å². The van der Waals surface area contributed by atoms with Gasteiger partial charge in [-0.1, -0.05) is 20.8 Å². The zero-order chi connectivity index (χ0) is 24.8. The fourth-order valence-electron chi connectivity index (χ4n) is 12.2. The Bertz CT molecular complexity index is 914. The predicted octanol–water partition coefficient (Wildman–Crippen LogP) is 6.95. The van der Waals surface area contributed by atoms with Gasteiger partial charge in [0.15, 0.2) is 0 Å². The quantitative estimate of drug-likeness (QED) is 0.432. The van der Waals surface area contributed by atoms with Crippen molar-refractivity contribution in [2.75, 3.05) is 7.11 Å². The van der Waals surface area contributed by atoms with Crippen LogP contribution in [0.25, 0.3) is 0 Å². The Balaban J connectivity index is 1.15. The third kappa shape index (κ3) is 2.74. The normalized spacial score (nSPS) is 62.6. The van der Waals surface area contributed by atoms with Crippen molar-refractivity contribution in [1.29, 1.82) is 0 Å². The Kier molecular flexibility index (Phi) is 4.70. The van der Waals surface area contributed by atoms with Gasteiger partial charge in [0, 0.05) is 25.9 Å². The SMILES string of the molecule is CO[C@@H]1C[C@H]2[C@@H]3CC[C@H]([C@H](C)[C@H]4C[C@]5(C)OC(C)(O4)OC5(C)C)[C@@]3(C)CC[C@@H]2[C@@]2(C)CC[C@@H]3C[C@]312. The number of hydrogen-bond acceptors (Lipinski definition) is 4. The lowest BCUT2D eigenvalue weighted by molar-refractivity contribution is -0.385. The summed E-state index contributed by atoms with van der Waals surface area (Å²) in [4.78, 5) is 0. The van der Waals surface area contributed by atoms with Crippen LogP contribution in [-0.2, 0) is 18.9 Å². The molecule has 0 radical (unpaired) electrons. The van der Waals surface area contributed by atoms with E-state index in [1.165, 1.54) is 51.4 Å². The van der Waals surface area contributed by atoms with E-state index in [1.54, 1.807) is 0 Å². The highest BCUT2D eigenvalue weighted by molar-refractivity contribution is 5.26. The molecule has 1 unspecified atom stereocenters. The average molecular weight is 487 g/mol. The van der Waals surface area contributed by atoms with Gasteiger partial charge in [0.25, 0.3) is 5.97 Å². The van der Waals surface area contributed by atoms with Crippen LogP contribution in [0.15, 0.2) is 0 Å². The minimum Gasteiger partial charge on any atom is -0.381 e. The molecule has 2 saturated heterocycles. The third-order valence-electron chi connectivity index (χ3n) is 14.2. The third-order valence-corrected chi connectivity index (χ3v) is 14.2. The Morgan fingerprint density at radius 3 is 2.31 bits per heavy atom. The van der Waals surface area contributed by atoms with Crippen LogP contribution in [0, 0.1) is 51.8 Å². The Labute approximate surface area is 213 Å². The zero-order valence-corrected chi connectivity index (χ0v) is 23.6. The molecule has 0 N–H and O–H groups in total. The summed E-state index contributed by atoms with van der Waals surface area (Å²) in [6.07, 6.45) is 12.9. The molecule has 2 aliphatic heterocycles. The lowest BCUT2D eigenvalue weighted by atomic mass is 9.45. The van der Waals surface area contributed by atoms with E-state index in [-0.39, 0.29) is 17.3 Å². The summed E-state index contributed by atoms with van der Waals surface area (Å²) in [6.45, 7) is 16.4. The molecule has 0 amide bonds. The maximum atomic E-state index is 6.63. The molecule has 7 aliphatic rings. The minimum atomic E-state index is -0.909. The van der Waals surface area contributed by atoms with E-state index in [0.717, 1.165) is 30.1 Å². The van der Waals surface area contributed by atoms with Crippen LogP contribution >= 0.6 is 0 Å². The van der Waals surface area contributed by atoms with Gasteiger partial charge in [-0.05, 0) is 118 Å². The molecule has 5 aliphatic carbocycles. The first-order valence-corrected chi connectivity index (χ1v) is 14.9. The summed E-state index contributed by atoms with van der Waals surface area (Å²) in [5.74, 6) is 3.88. The maximum Gasteiger partial charge on any atom is 0.281 e. The van der Waals surface area contributed by atoms with Gasteiger partial charge in [0.1, 0.15) is 5.60 Å². The van der Waals surface area contributed by atoms with E-state index in [2.05, 4.69) is 41.5 Å². The van der Waals surface area contributed by atoms with Gasteiger partial charge in [0.2, 0.25) is 0 Å². The van der Waals surface area contributed by atoms with Gasteiger partial charge in [-0.25, -0.2) is 0 Å². The highest BCUT2D eigenvalue weighted by Crippen LogP contribution is 2.82. The molecule has 2 heterocycles. The minimum absolute atomic E-state index is 0.194. The molecule has 0 aromatic heterocycles. The number of fused-ring (bicyclic) bond motifs is 6. The first kappa shape index (κ1) is 23.9. The molecule has 5 saturated carbocycles. The molecule has 0 aromatic carbocycles. The molecule has 7 rings (SSSR count). The van der Waals surface area contributed by atoms with E-state index >= 15 is 0 Å². The zero-order valence-electron chi connectivity index (χ0n) is 23.6. The summed E-state index contributed by atoms with van der Waals surface area (Å²) >= 11 is 0. The monoisotopic (exact) mass is 486 g/mol. The van der Waals surface area contributed by atoms with Crippen molar-refractivity contribution >= 4 is 0 Å². The first-order chi connectivity index (χ1) is 16.3. The van der Waals surface area contributed by atoms with E-state index in [9.17, 15) is 0 Å². The maximum absolute atomic E-state index is 6.63. The van der Waals surface area contributed by atoms with Gasteiger partial charge in [-0.3, -0.25) is 0 Å². The average Bonchev–Trinajstić information content (AvgIpc) is 3.23. The van der Waals surface area contributed by atoms with E-state index < -0.39 is 5.97 Å². The van der Waals surface area contributed by atoms with Crippen LogP contribution in [0.1, 0.15) is 106 Å². The second-order valence-electron chi connectivity index (χ2n) is 15.5. The van der Waals surface area contributed by atoms with E-state index in [1.807, 2.05) is 14.0 Å². The molecule has 4 nitrogen and oxygen atoms in total. The van der Waals surface area contributed by atoms with Crippen molar-refractivity contribution in [3.8, 4) is 0 Å². The fourth-order valence-corrected chi connectivity index (χ4v) is 12.2. The van der Waals surface area contributed by atoms with Gasteiger partial charge < -0.3 is 18.9 Å². The summed E-state index contributed by atoms with van der Waals surface area (Å²) < 4.78 is 25.7. The Hall–Kier alpha value is -0.160. The summed E-state index contributed by atoms with van der Waals surface area (Å²) in [5, 5.41) is 0. The number of rotatable bonds is 3. The van der Waals surface area contributed by atoms with E-state index in [0.29, 0.717) is 34.2 Å². The van der Waals surface area contributed by atoms with Crippen molar-refractivity contribution in [3.63, 3.8) is 0 Å². The first-order valence-electron chi connectivity index (χ1n) is 14.9. The van der Waals surface area contributed by atoms with Crippen LogP contribution in [0.3, 0.4) is 0 Å². The number of ether oxygens (including phenoxy) is 4. The molecule has 35 heavy (non-hydrogen) atoms. The summed E-state index contributed by atoms with van der Waals surface area (Å²) in [5.41, 5.74) is 0.828. The molecule has 7 fully saturated rings. The van der Waals surface area contributed by atoms with Crippen LogP contribution in [0.5, 0.6) is 0 Å². The van der Waals surface area contributed by atoms with Crippen LogP contribution in [0.2, 0.25) is 0 Å². The molecule has 13 atom stereocenters. The van der Waals surface area contributed by atoms with Crippen LogP contribution < -0.4 is 0 Å². The molecule has 0 aromatic rings. The number of methoxy groups -OCH3 is 1. The van der Waals surface area contributed by atoms with Crippen molar-refractivity contribution in [2.45, 2.75) is 136 Å². The molecule has 1 spiro atoms. The van der Waals surface area contributed by atoms with Crippen molar-refractivity contribution in [3.05, 3.63) is 0 Å². The van der Waals surface area contributed by atoms with Crippen LogP contribution in [0.4, 0.5) is 0 Å². The predicted molar refractivity (Wildman–Crippen MR) is 136 cm³/mol. The van der Waals surface area contributed by atoms with Gasteiger partial charge in [0.05, 0.1) is 17.8 Å². The topological polar surface area (TPSA) is 36.9 Å². The smallest absolute Gasteiger partial charge is 0.281 e. The lowest BCUT2D eigenvalue weighted by Crippen LogP contribution is -2.57. The molecular formula is C31H50O4. The second kappa shape index (κ2) is 6.88. The highest BCUT2D eigenvalue weighted by Gasteiger charge is 2.77. The molecular weight excluding hydrogens is 436 g/mol. The Morgan fingerprint density at radius 2 is 1.63 bits per heavy atom. The largest absolute Gasteiger partial charge is 0.381 e. The highest BCUT2D eigenvalue weighted by atomic mass is 16.9. The lowest BCUT2D eigenvalue weighted by Gasteiger charge is -2.61. The standard InChI is InChI=1S/C31H50O4/c1-18(24-17-29(6)26(2,3)34-30(7,33-24)35-29)21-9-10-22-20-15-25(32-8)31-16-19(31)11-14-28(31,5)23(20)12-13-27(21,22)4/h18-25H,9-17H2,1-8H3/t18-,19+,20-,21+,22-,23-,24+,25+,27+,28+,29-,30?,31-/m0/s1. The van der Waals surface area contributed by atoms with Gasteiger partial charge >= 0.3 is 0 Å². The number of hydrogen-bond donors (Lipinski definition) is 0.